The molecule has 1 unspecified atom stereocenters. The van der Waals surface area contributed by atoms with Gasteiger partial charge in [0, 0.05) is 18.3 Å². The van der Waals surface area contributed by atoms with Crippen LogP contribution in [0.25, 0.3) is 0 Å². The Labute approximate surface area is 176 Å². The zero-order valence-corrected chi connectivity index (χ0v) is 18.4. The number of benzene rings is 2. The van der Waals surface area contributed by atoms with Crippen LogP contribution < -0.4 is 11.1 Å². The van der Waals surface area contributed by atoms with Crippen molar-refractivity contribution in [3.8, 4) is 0 Å². The molecule has 0 saturated heterocycles. The smallest absolute Gasteiger partial charge is 0.199 e. The van der Waals surface area contributed by atoms with E-state index in [-0.39, 0.29) is 6.04 Å². The minimum Gasteiger partial charge on any atom is -0.369 e. The van der Waals surface area contributed by atoms with Gasteiger partial charge >= 0.3 is 0 Å². The molecule has 5 nitrogen and oxygen atoms in total. The van der Waals surface area contributed by atoms with E-state index < -0.39 is 0 Å². The third-order valence-corrected chi connectivity index (χ3v) is 4.30. The van der Waals surface area contributed by atoms with Crippen LogP contribution >= 0.6 is 0 Å². The SMILES string of the molecule is C=C(NC(N)=NC(C)=Nc1ccccc1)C(C)N(CC)Cc1ccccc1.CC. The number of nitrogens with one attached hydrogen (secondary N) is 1. The van der Waals surface area contributed by atoms with Gasteiger partial charge in [-0.25, -0.2) is 9.98 Å². The monoisotopic (exact) mass is 393 g/mol. The van der Waals surface area contributed by atoms with E-state index in [2.05, 4.69) is 64.9 Å². The van der Waals surface area contributed by atoms with Crippen LogP contribution in [0.2, 0.25) is 0 Å². The van der Waals surface area contributed by atoms with E-state index in [4.69, 9.17) is 5.73 Å². The van der Waals surface area contributed by atoms with Crippen molar-refractivity contribution < 1.29 is 0 Å². The van der Waals surface area contributed by atoms with Gasteiger partial charge in [0.1, 0.15) is 5.84 Å². The van der Waals surface area contributed by atoms with Gasteiger partial charge in [0.05, 0.1) is 5.69 Å². The molecule has 0 spiro atoms. The molecular formula is C24H35N5. The number of para-hydroxylation sites is 1. The number of hydrogen-bond acceptors (Lipinski definition) is 2. The number of amidine groups is 1. The standard InChI is InChI=1S/C22H29N5.C2H6/c1-5-27(16-20-12-8-6-9-13-20)18(3)17(2)24-22(23)26-19(4)25-21-14-10-7-11-15-21;1-2/h6-15,18H,2,5,16H2,1,3-4H3,(H3,23,24,25,26);1-2H3. The lowest BCUT2D eigenvalue weighted by molar-refractivity contribution is 0.233. The molecule has 2 aromatic carbocycles. The second-order valence-corrected chi connectivity index (χ2v) is 6.37. The largest absolute Gasteiger partial charge is 0.369 e. The number of likely N-dealkylation sites (N-methyl/N-ethyl adjacent to an activating group) is 1. The van der Waals surface area contributed by atoms with Crippen molar-refractivity contribution in [1.82, 2.24) is 10.2 Å². The molecule has 156 valence electrons. The van der Waals surface area contributed by atoms with Crippen LogP contribution in [0.5, 0.6) is 0 Å². The maximum atomic E-state index is 6.04. The van der Waals surface area contributed by atoms with E-state index in [1.807, 2.05) is 57.2 Å². The second kappa shape index (κ2) is 13.3. The summed E-state index contributed by atoms with van der Waals surface area (Å²) in [6.07, 6.45) is 0. The number of rotatable bonds is 7. The first-order valence-corrected chi connectivity index (χ1v) is 10.2. The quantitative estimate of drug-likeness (QED) is 0.508. The fourth-order valence-electron chi connectivity index (χ4n) is 2.75. The molecule has 0 amide bonds. The van der Waals surface area contributed by atoms with Crippen LogP contribution in [-0.2, 0) is 6.54 Å². The first kappa shape index (κ1) is 24.1. The molecule has 0 saturated carbocycles. The predicted molar refractivity (Wildman–Crippen MR) is 126 cm³/mol. The Morgan fingerprint density at radius 3 is 2.17 bits per heavy atom. The number of nitrogens with zero attached hydrogens (tertiary/aromatic N) is 3. The average Bonchev–Trinajstić information content (AvgIpc) is 2.74. The molecule has 0 aliphatic rings. The molecule has 2 aromatic rings. The zero-order valence-electron chi connectivity index (χ0n) is 18.4. The lowest BCUT2D eigenvalue weighted by Gasteiger charge is -2.29. The molecule has 0 heterocycles. The van der Waals surface area contributed by atoms with Crippen molar-refractivity contribution >= 4 is 17.5 Å². The minimum absolute atomic E-state index is 0.107. The lowest BCUT2D eigenvalue weighted by atomic mass is 10.1. The van der Waals surface area contributed by atoms with Gasteiger partial charge in [-0.1, -0.05) is 75.9 Å². The minimum atomic E-state index is 0.107. The van der Waals surface area contributed by atoms with Gasteiger partial charge in [-0.3, -0.25) is 4.90 Å². The molecule has 3 N–H and O–H groups in total. The summed E-state index contributed by atoms with van der Waals surface area (Å²) in [4.78, 5) is 11.1. The molecule has 0 aliphatic carbocycles. The maximum absolute atomic E-state index is 6.04. The van der Waals surface area contributed by atoms with Gasteiger partial charge in [-0.15, -0.1) is 0 Å². The van der Waals surface area contributed by atoms with E-state index in [0.29, 0.717) is 11.8 Å². The highest BCUT2D eigenvalue weighted by atomic mass is 15.2. The van der Waals surface area contributed by atoms with Crippen LogP contribution in [0, 0.1) is 0 Å². The fourth-order valence-corrected chi connectivity index (χ4v) is 2.75. The van der Waals surface area contributed by atoms with Crippen LogP contribution in [0.4, 0.5) is 5.69 Å². The zero-order chi connectivity index (χ0) is 21.6. The normalized spacial score (nSPS) is 12.8. The topological polar surface area (TPSA) is 66.0 Å². The fraction of sp³-hybridized carbons (Fsp3) is 0.333. The van der Waals surface area contributed by atoms with Crippen molar-refractivity contribution in [3.05, 3.63) is 78.5 Å². The Morgan fingerprint density at radius 1 is 1.07 bits per heavy atom. The second-order valence-electron chi connectivity index (χ2n) is 6.37. The van der Waals surface area contributed by atoms with Gasteiger partial charge in [0.2, 0.25) is 0 Å². The van der Waals surface area contributed by atoms with Crippen LogP contribution in [0.1, 0.15) is 40.2 Å². The summed E-state index contributed by atoms with van der Waals surface area (Å²) >= 11 is 0. The Bertz CT molecular complexity index is 781. The molecule has 2 rings (SSSR count). The summed E-state index contributed by atoms with van der Waals surface area (Å²) in [5.41, 5.74) is 8.96. The summed E-state index contributed by atoms with van der Waals surface area (Å²) in [6.45, 7) is 16.0. The van der Waals surface area contributed by atoms with E-state index in [1.165, 1.54) is 5.56 Å². The van der Waals surface area contributed by atoms with Crippen molar-refractivity contribution in [3.63, 3.8) is 0 Å². The molecular weight excluding hydrogens is 358 g/mol. The first-order chi connectivity index (χ1) is 14.0. The molecule has 1 atom stereocenters. The van der Waals surface area contributed by atoms with Gasteiger partial charge in [0.25, 0.3) is 0 Å². The number of aliphatic imine (C=N–C) groups is 2. The summed E-state index contributed by atoms with van der Waals surface area (Å²) in [6, 6.07) is 20.2. The van der Waals surface area contributed by atoms with E-state index in [0.717, 1.165) is 24.5 Å². The summed E-state index contributed by atoms with van der Waals surface area (Å²) in [7, 11) is 0. The molecule has 5 heteroatoms. The molecule has 0 fully saturated rings. The lowest BCUT2D eigenvalue weighted by Crippen LogP contribution is -2.42. The maximum Gasteiger partial charge on any atom is 0.199 e. The first-order valence-electron chi connectivity index (χ1n) is 10.2. The highest BCUT2D eigenvalue weighted by molar-refractivity contribution is 5.95. The third-order valence-electron chi connectivity index (χ3n) is 4.30. The van der Waals surface area contributed by atoms with Crippen molar-refractivity contribution in [1.29, 1.82) is 0 Å². The highest BCUT2D eigenvalue weighted by Crippen LogP contribution is 2.12. The Balaban J connectivity index is 0.00000204. The predicted octanol–water partition coefficient (Wildman–Crippen LogP) is 5.09. The molecule has 29 heavy (non-hydrogen) atoms. The molecule has 0 radical (unpaired) electrons. The van der Waals surface area contributed by atoms with E-state index in [9.17, 15) is 0 Å². The van der Waals surface area contributed by atoms with Gasteiger partial charge in [-0.2, -0.15) is 0 Å². The Morgan fingerprint density at radius 2 is 1.62 bits per heavy atom. The van der Waals surface area contributed by atoms with Crippen molar-refractivity contribution in [2.24, 2.45) is 15.7 Å². The number of guanidine groups is 1. The van der Waals surface area contributed by atoms with Crippen molar-refractivity contribution in [2.75, 3.05) is 6.54 Å². The van der Waals surface area contributed by atoms with E-state index >= 15 is 0 Å². The van der Waals surface area contributed by atoms with Gasteiger partial charge in [0.15, 0.2) is 5.96 Å². The van der Waals surface area contributed by atoms with Gasteiger partial charge in [-0.05, 0) is 38.1 Å². The highest BCUT2D eigenvalue weighted by Gasteiger charge is 2.16. The molecule has 0 aliphatic heterocycles. The Kier molecular flexibility index (Phi) is 11.1. The summed E-state index contributed by atoms with van der Waals surface area (Å²) < 4.78 is 0. The van der Waals surface area contributed by atoms with Crippen LogP contribution in [-0.4, -0.2) is 29.3 Å². The van der Waals surface area contributed by atoms with Crippen molar-refractivity contribution in [2.45, 2.75) is 47.2 Å². The van der Waals surface area contributed by atoms with E-state index in [1.54, 1.807) is 0 Å². The van der Waals surface area contributed by atoms with Crippen LogP contribution in [0.3, 0.4) is 0 Å². The summed E-state index contributed by atoms with van der Waals surface area (Å²) in [5, 5.41) is 3.11. The number of hydrogen-bond donors (Lipinski definition) is 2. The van der Waals surface area contributed by atoms with Gasteiger partial charge < -0.3 is 11.1 Å². The number of nitrogens with two attached hydrogens (primary N) is 1. The average molecular weight is 394 g/mol. The third kappa shape index (κ3) is 8.75. The summed E-state index contributed by atoms with van der Waals surface area (Å²) in [5.74, 6) is 0.878. The van der Waals surface area contributed by atoms with Crippen LogP contribution in [0.15, 0.2) is 82.9 Å². The molecule has 0 bridgehead atoms. The molecule has 0 aromatic heterocycles. The Hall–Kier alpha value is -2.92.